The zero-order chi connectivity index (χ0) is 17.8. The van der Waals surface area contributed by atoms with Gasteiger partial charge in [0.05, 0.1) is 5.69 Å². The Balaban J connectivity index is 1.42. The van der Waals surface area contributed by atoms with Crippen molar-refractivity contribution in [1.29, 1.82) is 0 Å². The Bertz CT molecular complexity index is 552. The first-order valence-electron chi connectivity index (χ1n) is 9.64. The maximum atomic E-state index is 12.7. The molecule has 0 radical (unpaired) electrons. The molecule has 2 aliphatic rings. The standard InChI is InChI=1S/C19H32N4O2/c1-14(19-15(2)20-21-16(19)3)12-18(24)23-9-7-22(8-10-23)6-4-17-5-11-25-13-17/h14,17H,4-13H2,1-3H3,(H,20,21). The van der Waals surface area contributed by atoms with Crippen LogP contribution < -0.4 is 0 Å². The van der Waals surface area contributed by atoms with Gasteiger partial charge in [0.25, 0.3) is 0 Å². The number of hydrogen-bond donors (Lipinski definition) is 1. The van der Waals surface area contributed by atoms with Crippen molar-refractivity contribution in [2.45, 2.75) is 46.0 Å². The maximum absolute atomic E-state index is 12.7. The Morgan fingerprint density at radius 2 is 2.08 bits per heavy atom. The van der Waals surface area contributed by atoms with E-state index in [0.717, 1.165) is 63.2 Å². The molecule has 25 heavy (non-hydrogen) atoms. The highest BCUT2D eigenvalue weighted by Gasteiger charge is 2.25. The third kappa shape index (κ3) is 4.61. The molecule has 0 spiro atoms. The van der Waals surface area contributed by atoms with Crippen molar-refractivity contribution in [2.75, 3.05) is 45.9 Å². The molecule has 0 aromatic carbocycles. The summed E-state index contributed by atoms with van der Waals surface area (Å²) < 4.78 is 5.45. The van der Waals surface area contributed by atoms with E-state index < -0.39 is 0 Å². The van der Waals surface area contributed by atoms with Crippen LogP contribution in [0.4, 0.5) is 0 Å². The number of piperazine rings is 1. The Morgan fingerprint density at radius 3 is 2.68 bits per heavy atom. The molecule has 1 N–H and O–H groups in total. The summed E-state index contributed by atoms with van der Waals surface area (Å²) in [6.45, 7) is 12.9. The molecule has 0 bridgehead atoms. The van der Waals surface area contributed by atoms with E-state index in [1.165, 1.54) is 18.4 Å². The molecule has 2 unspecified atom stereocenters. The SMILES string of the molecule is Cc1n[nH]c(C)c1C(C)CC(=O)N1CCN(CCC2CCOC2)CC1. The van der Waals surface area contributed by atoms with E-state index in [1.807, 2.05) is 18.7 Å². The van der Waals surface area contributed by atoms with Gasteiger partial charge in [-0.3, -0.25) is 14.8 Å². The lowest BCUT2D eigenvalue weighted by Gasteiger charge is -2.35. The third-order valence-electron chi connectivity index (χ3n) is 5.76. The molecular formula is C19H32N4O2. The largest absolute Gasteiger partial charge is 0.381 e. The molecule has 2 fully saturated rings. The van der Waals surface area contributed by atoms with Crippen LogP contribution in [0.25, 0.3) is 0 Å². The Kier molecular flexibility index (Phi) is 6.12. The van der Waals surface area contributed by atoms with Crippen LogP contribution in [-0.2, 0) is 9.53 Å². The zero-order valence-corrected chi connectivity index (χ0v) is 15.9. The molecular weight excluding hydrogens is 316 g/mol. The summed E-state index contributed by atoms with van der Waals surface area (Å²) in [5.41, 5.74) is 3.29. The van der Waals surface area contributed by atoms with E-state index in [4.69, 9.17) is 4.74 Å². The van der Waals surface area contributed by atoms with Crippen molar-refractivity contribution in [2.24, 2.45) is 5.92 Å². The number of carbonyl (C=O) groups excluding carboxylic acids is 1. The van der Waals surface area contributed by atoms with Gasteiger partial charge in [-0.1, -0.05) is 6.92 Å². The minimum atomic E-state index is 0.214. The van der Waals surface area contributed by atoms with Crippen LogP contribution in [0.2, 0.25) is 0 Å². The molecule has 6 heteroatoms. The van der Waals surface area contributed by atoms with Gasteiger partial charge in [-0.2, -0.15) is 5.10 Å². The van der Waals surface area contributed by atoms with Crippen LogP contribution >= 0.6 is 0 Å². The van der Waals surface area contributed by atoms with Gasteiger partial charge >= 0.3 is 0 Å². The number of carbonyl (C=O) groups is 1. The molecule has 6 nitrogen and oxygen atoms in total. The lowest BCUT2D eigenvalue weighted by molar-refractivity contribution is -0.133. The average Bonchev–Trinajstić information content (AvgIpc) is 3.23. The molecule has 0 aliphatic carbocycles. The number of nitrogens with zero attached hydrogens (tertiary/aromatic N) is 3. The molecule has 1 aromatic heterocycles. The molecule has 0 saturated carbocycles. The monoisotopic (exact) mass is 348 g/mol. The fourth-order valence-electron chi connectivity index (χ4n) is 4.18. The van der Waals surface area contributed by atoms with Crippen LogP contribution in [-0.4, -0.2) is 71.8 Å². The van der Waals surface area contributed by atoms with Crippen LogP contribution in [0, 0.1) is 19.8 Å². The Morgan fingerprint density at radius 1 is 1.32 bits per heavy atom. The molecule has 2 atom stereocenters. The lowest BCUT2D eigenvalue weighted by atomic mass is 9.95. The number of aromatic nitrogens is 2. The second-order valence-electron chi connectivity index (χ2n) is 7.69. The van der Waals surface area contributed by atoms with E-state index in [-0.39, 0.29) is 11.8 Å². The van der Waals surface area contributed by atoms with Crippen LogP contribution in [0.15, 0.2) is 0 Å². The number of aromatic amines is 1. The molecule has 2 saturated heterocycles. The summed E-state index contributed by atoms with van der Waals surface area (Å²) >= 11 is 0. The minimum Gasteiger partial charge on any atom is -0.381 e. The summed E-state index contributed by atoms with van der Waals surface area (Å²) in [6, 6.07) is 0. The number of H-pyrrole nitrogens is 1. The van der Waals surface area contributed by atoms with Gasteiger partial charge in [0.15, 0.2) is 0 Å². The Labute approximate surface area is 150 Å². The van der Waals surface area contributed by atoms with Crippen molar-refractivity contribution < 1.29 is 9.53 Å². The topological polar surface area (TPSA) is 61.5 Å². The highest BCUT2D eigenvalue weighted by molar-refractivity contribution is 5.77. The van der Waals surface area contributed by atoms with Crippen LogP contribution in [0.3, 0.4) is 0 Å². The fraction of sp³-hybridized carbons (Fsp3) is 0.789. The summed E-state index contributed by atoms with van der Waals surface area (Å²) in [6.07, 6.45) is 3.01. The summed E-state index contributed by atoms with van der Waals surface area (Å²) in [5, 5.41) is 7.28. The minimum absolute atomic E-state index is 0.214. The lowest BCUT2D eigenvalue weighted by Crippen LogP contribution is -2.49. The first-order valence-corrected chi connectivity index (χ1v) is 9.64. The molecule has 2 aliphatic heterocycles. The normalized spacial score (nSPS) is 23.2. The van der Waals surface area contributed by atoms with E-state index in [9.17, 15) is 4.79 Å². The second kappa shape index (κ2) is 8.32. The number of ether oxygens (including phenoxy) is 1. The molecule has 140 valence electrons. The number of aryl methyl sites for hydroxylation is 2. The van der Waals surface area contributed by atoms with Gasteiger partial charge in [-0.25, -0.2) is 0 Å². The first-order chi connectivity index (χ1) is 12.0. The van der Waals surface area contributed by atoms with Gasteiger partial charge in [0, 0.05) is 51.5 Å². The molecule has 3 heterocycles. The third-order valence-corrected chi connectivity index (χ3v) is 5.76. The van der Waals surface area contributed by atoms with E-state index in [0.29, 0.717) is 6.42 Å². The van der Waals surface area contributed by atoms with Crippen molar-refractivity contribution in [1.82, 2.24) is 20.0 Å². The summed E-state index contributed by atoms with van der Waals surface area (Å²) in [5.74, 6) is 1.23. The van der Waals surface area contributed by atoms with Gasteiger partial charge in [-0.15, -0.1) is 0 Å². The van der Waals surface area contributed by atoms with Gasteiger partial charge in [0.1, 0.15) is 0 Å². The molecule has 1 aromatic rings. The van der Waals surface area contributed by atoms with Crippen LogP contribution in [0.5, 0.6) is 0 Å². The van der Waals surface area contributed by atoms with E-state index >= 15 is 0 Å². The predicted molar refractivity (Wildman–Crippen MR) is 97.7 cm³/mol. The van der Waals surface area contributed by atoms with Gasteiger partial charge in [-0.05, 0) is 50.6 Å². The van der Waals surface area contributed by atoms with Crippen LogP contribution in [0.1, 0.15) is 49.1 Å². The zero-order valence-electron chi connectivity index (χ0n) is 15.9. The summed E-state index contributed by atoms with van der Waals surface area (Å²) in [7, 11) is 0. The maximum Gasteiger partial charge on any atom is 0.223 e. The number of rotatable bonds is 6. The number of amides is 1. The molecule has 3 rings (SSSR count). The van der Waals surface area contributed by atoms with Crippen molar-refractivity contribution in [3.05, 3.63) is 17.0 Å². The quantitative estimate of drug-likeness (QED) is 0.855. The summed E-state index contributed by atoms with van der Waals surface area (Å²) in [4.78, 5) is 17.2. The smallest absolute Gasteiger partial charge is 0.223 e. The average molecular weight is 348 g/mol. The number of nitrogens with one attached hydrogen (secondary N) is 1. The van der Waals surface area contributed by atoms with Gasteiger partial charge < -0.3 is 9.64 Å². The van der Waals surface area contributed by atoms with Crippen molar-refractivity contribution >= 4 is 5.91 Å². The Hall–Kier alpha value is -1.40. The second-order valence-corrected chi connectivity index (χ2v) is 7.69. The van der Waals surface area contributed by atoms with Crippen molar-refractivity contribution in [3.63, 3.8) is 0 Å². The highest BCUT2D eigenvalue weighted by Crippen LogP contribution is 2.25. The number of hydrogen-bond acceptors (Lipinski definition) is 4. The molecule has 1 amide bonds. The predicted octanol–water partition coefficient (Wildman–Crippen LogP) is 2.09. The van der Waals surface area contributed by atoms with Crippen molar-refractivity contribution in [3.8, 4) is 0 Å². The first kappa shape index (κ1) is 18.4. The highest BCUT2D eigenvalue weighted by atomic mass is 16.5. The van der Waals surface area contributed by atoms with Gasteiger partial charge in [0.2, 0.25) is 5.91 Å². The van der Waals surface area contributed by atoms with E-state index in [1.54, 1.807) is 0 Å². The van der Waals surface area contributed by atoms with E-state index in [2.05, 4.69) is 22.0 Å². The fourth-order valence-corrected chi connectivity index (χ4v) is 4.18.